The van der Waals surface area contributed by atoms with Crippen molar-refractivity contribution < 1.29 is 19.1 Å². The maximum absolute atomic E-state index is 13.8. The minimum Gasteiger partial charge on any atom is -0.478 e. The van der Waals surface area contributed by atoms with Gasteiger partial charge in [0.15, 0.2) is 5.78 Å². The number of rotatable bonds is 3. The van der Waals surface area contributed by atoms with Crippen molar-refractivity contribution in [3.8, 4) is 0 Å². The molecule has 2 aromatic rings. The first-order valence-electron chi connectivity index (χ1n) is 6.59. The summed E-state index contributed by atoms with van der Waals surface area (Å²) in [7, 11) is 0. The average molecular weight is 320 g/mol. The van der Waals surface area contributed by atoms with Gasteiger partial charge in [-0.25, -0.2) is 9.18 Å². The average Bonchev–Trinajstić information content (AvgIpc) is 2.79. The van der Waals surface area contributed by atoms with E-state index in [4.69, 9.17) is 16.7 Å². The van der Waals surface area contributed by atoms with Crippen molar-refractivity contribution in [2.45, 2.75) is 12.5 Å². The Bertz CT molecular complexity index is 771. The molecule has 0 amide bonds. The Hall–Kier alpha value is -2.40. The molecule has 22 heavy (non-hydrogen) atoms. The second-order valence-corrected chi connectivity index (χ2v) is 5.41. The first-order chi connectivity index (χ1) is 10.5. The summed E-state index contributed by atoms with van der Waals surface area (Å²) in [5.41, 5.74) is 0.756. The third-order valence-corrected chi connectivity index (χ3v) is 4.01. The monoisotopic (exact) mass is 319 g/mol. The highest BCUT2D eigenvalue weighted by molar-refractivity contribution is 6.31. The van der Waals surface area contributed by atoms with Crippen LogP contribution >= 0.6 is 11.6 Å². The zero-order valence-electron chi connectivity index (χ0n) is 11.3. The van der Waals surface area contributed by atoms with Gasteiger partial charge in [-0.3, -0.25) is 4.79 Å². The number of anilines is 1. The van der Waals surface area contributed by atoms with Gasteiger partial charge in [-0.2, -0.15) is 0 Å². The molecular formula is C16H11ClFNO3. The zero-order valence-corrected chi connectivity index (χ0v) is 12.0. The molecule has 2 aromatic carbocycles. The van der Waals surface area contributed by atoms with Crippen molar-refractivity contribution in [1.29, 1.82) is 0 Å². The number of fused-ring (bicyclic) bond motifs is 1. The zero-order chi connectivity index (χ0) is 15.9. The molecule has 1 aliphatic rings. The van der Waals surface area contributed by atoms with Crippen LogP contribution in [0.15, 0.2) is 36.4 Å². The van der Waals surface area contributed by atoms with Gasteiger partial charge < -0.3 is 10.4 Å². The van der Waals surface area contributed by atoms with Crippen LogP contribution in [-0.2, 0) is 6.42 Å². The van der Waals surface area contributed by atoms with Gasteiger partial charge in [-0.15, -0.1) is 0 Å². The summed E-state index contributed by atoms with van der Waals surface area (Å²) in [5.74, 6) is -2.03. The summed E-state index contributed by atoms with van der Waals surface area (Å²) in [4.78, 5) is 23.7. The predicted molar refractivity (Wildman–Crippen MR) is 80.3 cm³/mol. The van der Waals surface area contributed by atoms with Crippen molar-refractivity contribution in [1.82, 2.24) is 0 Å². The number of ketones is 1. The van der Waals surface area contributed by atoms with Crippen molar-refractivity contribution >= 4 is 29.0 Å². The molecule has 0 saturated heterocycles. The predicted octanol–water partition coefficient (Wildman–Crippen LogP) is 3.40. The van der Waals surface area contributed by atoms with Crippen molar-refractivity contribution in [3.63, 3.8) is 0 Å². The van der Waals surface area contributed by atoms with Gasteiger partial charge in [0.25, 0.3) is 0 Å². The fraction of sp³-hybridized carbons (Fsp3) is 0.125. The Balaban J connectivity index is 1.95. The number of hydrogen-bond acceptors (Lipinski definition) is 3. The molecule has 0 radical (unpaired) electrons. The van der Waals surface area contributed by atoms with Gasteiger partial charge >= 0.3 is 5.97 Å². The second-order valence-electron chi connectivity index (χ2n) is 5.00. The number of benzene rings is 2. The molecule has 1 heterocycles. The SMILES string of the molecule is O=C(O)c1cccc2c1C(=O)C(Cc1c(F)cccc1Cl)N2. The van der Waals surface area contributed by atoms with Gasteiger partial charge in [0, 0.05) is 22.7 Å². The summed E-state index contributed by atoms with van der Waals surface area (Å²) in [6.07, 6.45) is 0.0536. The standard InChI is InChI=1S/C16H11ClFNO3/c17-10-4-2-5-11(18)9(10)7-13-15(20)14-8(16(21)22)3-1-6-12(14)19-13/h1-6,13,19H,7H2,(H,21,22). The molecule has 0 aliphatic carbocycles. The van der Waals surface area contributed by atoms with E-state index < -0.39 is 17.8 Å². The van der Waals surface area contributed by atoms with Gasteiger partial charge in [-0.1, -0.05) is 23.7 Å². The number of carboxylic acid groups (broad SMARTS) is 1. The summed E-state index contributed by atoms with van der Waals surface area (Å²) < 4.78 is 13.8. The number of nitrogens with one attached hydrogen (secondary N) is 1. The number of hydrogen-bond donors (Lipinski definition) is 2. The first-order valence-corrected chi connectivity index (χ1v) is 6.96. The Morgan fingerprint density at radius 3 is 2.68 bits per heavy atom. The van der Waals surface area contributed by atoms with E-state index >= 15 is 0 Å². The molecule has 112 valence electrons. The summed E-state index contributed by atoms with van der Waals surface area (Å²) >= 11 is 5.98. The molecule has 1 unspecified atom stereocenters. The minimum atomic E-state index is -1.17. The van der Waals surface area contributed by atoms with Crippen LogP contribution in [0.2, 0.25) is 5.02 Å². The lowest BCUT2D eigenvalue weighted by Gasteiger charge is -2.12. The Kier molecular flexibility index (Phi) is 3.58. The second kappa shape index (κ2) is 5.42. The van der Waals surface area contributed by atoms with Crippen molar-refractivity contribution in [2.75, 3.05) is 5.32 Å². The fourth-order valence-corrected chi connectivity index (χ4v) is 2.86. The quantitative estimate of drug-likeness (QED) is 0.910. The Morgan fingerprint density at radius 1 is 1.27 bits per heavy atom. The van der Waals surface area contributed by atoms with E-state index in [9.17, 15) is 14.0 Å². The fourth-order valence-electron chi connectivity index (χ4n) is 2.62. The topological polar surface area (TPSA) is 66.4 Å². The lowest BCUT2D eigenvalue weighted by Crippen LogP contribution is -2.26. The highest BCUT2D eigenvalue weighted by Crippen LogP contribution is 2.32. The Labute approximate surface area is 130 Å². The lowest BCUT2D eigenvalue weighted by molar-refractivity contribution is 0.0692. The molecule has 1 aliphatic heterocycles. The molecule has 0 saturated carbocycles. The smallest absolute Gasteiger partial charge is 0.336 e. The summed E-state index contributed by atoms with van der Waals surface area (Å²) in [6, 6.07) is 8.14. The molecular weight excluding hydrogens is 309 g/mol. The number of carbonyl (C=O) groups excluding carboxylic acids is 1. The van der Waals surface area contributed by atoms with Crippen molar-refractivity contribution in [2.24, 2.45) is 0 Å². The first kappa shape index (κ1) is 14.5. The number of carbonyl (C=O) groups is 2. The highest BCUT2D eigenvalue weighted by atomic mass is 35.5. The highest BCUT2D eigenvalue weighted by Gasteiger charge is 2.34. The number of aromatic carboxylic acids is 1. The number of Topliss-reactive ketones (excluding diaryl/α,β-unsaturated/α-hetero) is 1. The maximum atomic E-state index is 13.8. The molecule has 6 heteroatoms. The molecule has 0 bridgehead atoms. The van der Waals surface area contributed by atoms with E-state index in [-0.39, 0.29) is 33.9 Å². The third kappa shape index (κ3) is 2.33. The molecule has 2 N–H and O–H groups in total. The molecule has 0 aromatic heterocycles. The minimum absolute atomic E-state index is 0.0536. The van der Waals surface area contributed by atoms with Crippen LogP contribution in [0.1, 0.15) is 26.3 Å². The van der Waals surface area contributed by atoms with Gasteiger partial charge in [0.2, 0.25) is 0 Å². The van der Waals surface area contributed by atoms with E-state index in [0.29, 0.717) is 5.69 Å². The molecule has 1 atom stereocenters. The van der Waals surface area contributed by atoms with Crippen LogP contribution < -0.4 is 5.32 Å². The molecule has 3 rings (SSSR count). The summed E-state index contributed by atoms with van der Waals surface area (Å²) in [6.45, 7) is 0. The lowest BCUT2D eigenvalue weighted by atomic mass is 9.98. The van der Waals surface area contributed by atoms with E-state index in [2.05, 4.69) is 5.32 Å². The van der Waals surface area contributed by atoms with E-state index in [1.165, 1.54) is 18.2 Å². The van der Waals surface area contributed by atoms with Crippen LogP contribution in [0, 0.1) is 5.82 Å². The van der Waals surface area contributed by atoms with Gasteiger partial charge in [0.05, 0.1) is 17.2 Å². The van der Waals surface area contributed by atoms with Crippen LogP contribution in [0.25, 0.3) is 0 Å². The van der Waals surface area contributed by atoms with Crippen LogP contribution in [0.5, 0.6) is 0 Å². The molecule has 4 nitrogen and oxygen atoms in total. The van der Waals surface area contributed by atoms with Crippen LogP contribution in [0.4, 0.5) is 10.1 Å². The van der Waals surface area contributed by atoms with E-state index in [0.717, 1.165) is 0 Å². The number of halogens is 2. The van der Waals surface area contributed by atoms with E-state index in [1.807, 2.05) is 0 Å². The van der Waals surface area contributed by atoms with Gasteiger partial charge in [-0.05, 0) is 24.3 Å². The van der Waals surface area contributed by atoms with Crippen molar-refractivity contribution in [3.05, 3.63) is 63.9 Å². The largest absolute Gasteiger partial charge is 0.478 e. The van der Waals surface area contributed by atoms with Crippen LogP contribution in [0.3, 0.4) is 0 Å². The third-order valence-electron chi connectivity index (χ3n) is 3.66. The van der Waals surface area contributed by atoms with Crippen LogP contribution in [-0.4, -0.2) is 22.9 Å². The summed E-state index contributed by atoms with van der Waals surface area (Å²) in [5, 5.41) is 12.4. The maximum Gasteiger partial charge on any atom is 0.336 e. The molecule has 0 fully saturated rings. The van der Waals surface area contributed by atoms with Gasteiger partial charge in [0.1, 0.15) is 5.82 Å². The molecule has 0 spiro atoms. The Morgan fingerprint density at radius 2 is 2.00 bits per heavy atom. The van der Waals surface area contributed by atoms with E-state index in [1.54, 1.807) is 18.2 Å². The number of carboxylic acids is 1. The normalized spacial score (nSPS) is 16.3.